The molecule has 0 saturated carbocycles. The van der Waals surface area contributed by atoms with Gasteiger partial charge in [0.1, 0.15) is 5.75 Å². The molecule has 1 heterocycles. The molecule has 0 bridgehead atoms. The second kappa shape index (κ2) is 7.68. The molecule has 1 aromatic rings. The molecule has 0 spiro atoms. The maximum absolute atomic E-state index is 12.1. The number of aliphatic carboxylic acids is 1. The van der Waals surface area contributed by atoms with Gasteiger partial charge in [-0.3, -0.25) is 4.79 Å². The van der Waals surface area contributed by atoms with Crippen molar-refractivity contribution in [1.82, 2.24) is 10.2 Å². The van der Waals surface area contributed by atoms with Crippen LogP contribution in [-0.4, -0.2) is 41.7 Å². The number of urea groups is 1. The summed E-state index contributed by atoms with van der Waals surface area (Å²) in [4.78, 5) is 24.7. The number of ether oxygens (including phenoxy) is 1. The number of carboxylic acid groups (broad SMARTS) is 1. The van der Waals surface area contributed by atoms with Crippen molar-refractivity contribution in [2.45, 2.75) is 26.3 Å². The molecular formula is C16H22N2O4. The van der Waals surface area contributed by atoms with E-state index < -0.39 is 5.97 Å². The van der Waals surface area contributed by atoms with E-state index in [0.717, 1.165) is 11.3 Å². The Morgan fingerprint density at radius 3 is 2.64 bits per heavy atom. The first-order valence-corrected chi connectivity index (χ1v) is 7.58. The highest BCUT2D eigenvalue weighted by Crippen LogP contribution is 2.19. The topological polar surface area (TPSA) is 78.9 Å². The van der Waals surface area contributed by atoms with E-state index in [2.05, 4.69) is 5.32 Å². The molecule has 1 saturated heterocycles. The molecule has 22 heavy (non-hydrogen) atoms. The lowest BCUT2D eigenvalue weighted by Gasteiger charge is -2.30. The van der Waals surface area contributed by atoms with Gasteiger partial charge in [-0.05, 0) is 25.8 Å². The molecule has 0 radical (unpaired) electrons. The Balaban J connectivity index is 1.85. The number of carbonyl (C=O) groups excluding carboxylic acids is 1. The van der Waals surface area contributed by atoms with Crippen molar-refractivity contribution in [3.8, 4) is 5.75 Å². The molecule has 1 aliphatic rings. The molecule has 2 rings (SSSR count). The zero-order valence-electron chi connectivity index (χ0n) is 12.7. The van der Waals surface area contributed by atoms with E-state index >= 15 is 0 Å². The summed E-state index contributed by atoms with van der Waals surface area (Å²) in [5.74, 6) is -0.330. The first kappa shape index (κ1) is 16.1. The summed E-state index contributed by atoms with van der Waals surface area (Å²) in [5.41, 5.74) is 0.929. The second-order valence-corrected chi connectivity index (χ2v) is 5.30. The fourth-order valence-electron chi connectivity index (χ4n) is 2.56. The van der Waals surface area contributed by atoms with E-state index in [1.807, 2.05) is 31.2 Å². The van der Waals surface area contributed by atoms with Gasteiger partial charge in [0, 0.05) is 25.2 Å². The van der Waals surface area contributed by atoms with Crippen molar-refractivity contribution in [3.63, 3.8) is 0 Å². The molecule has 0 aromatic heterocycles. The lowest BCUT2D eigenvalue weighted by molar-refractivity contribution is -0.143. The molecule has 0 aliphatic carbocycles. The average molecular weight is 306 g/mol. The lowest BCUT2D eigenvalue weighted by atomic mass is 9.97. The van der Waals surface area contributed by atoms with Crippen LogP contribution >= 0.6 is 0 Å². The standard InChI is InChI=1S/C16H22N2O4/c1-2-22-14-6-4-3-5-13(14)11-17-16(21)18-9-7-12(8-10-18)15(19)20/h3-6,12H,2,7-11H2,1H3,(H,17,21)(H,19,20). The van der Waals surface area contributed by atoms with Crippen molar-refractivity contribution < 1.29 is 19.4 Å². The van der Waals surface area contributed by atoms with Crippen LogP contribution in [0.4, 0.5) is 4.79 Å². The van der Waals surface area contributed by atoms with Crippen LogP contribution in [0.3, 0.4) is 0 Å². The van der Waals surface area contributed by atoms with E-state index in [1.54, 1.807) is 4.90 Å². The van der Waals surface area contributed by atoms with Crippen molar-refractivity contribution in [2.75, 3.05) is 19.7 Å². The van der Waals surface area contributed by atoms with Crippen LogP contribution in [0, 0.1) is 5.92 Å². The van der Waals surface area contributed by atoms with Gasteiger partial charge >= 0.3 is 12.0 Å². The van der Waals surface area contributed by atoms with E-state index in [9.17, 15) is 9.59 Å². The van der Waals surface area contributed by atoms with Crippen LogP contribution < -0.4 is 10.1 Å². The van der Waals surface area contributed by atoms with Gasteiger partial charge < -0.3 is 20.1 Å². The van der Waals surface area contributed by atoms with Gasteiger partial charge in [0.05, 0.1) is 12.5 Å². The smallest absolute Gasteiger partial charge is 0.317 e. The third kappa shape index (κ3) is 4.13. The Hall–Kier alpha value is -2.24. The molecule has 0 atom stereocenters. The molecule has 1 aromatic carbocycles. The van der Waals surface area contributed by atoms with Crippen LogP contribution in [-0.2, 0) is 11.3 Å². The van der Waals surface area contributed by atoms with Gasteiger partial charge in [0.25, 0.3) is 0 Å². The van der Waals surface area contributed by atoms with Crippen molar-refractivity contribution in [3.05, 3.63) is 29.8 Å². The Morgan fingerprint density at radius 2 is 2.00 bits per heavy atom. The minimum atomic E-state index is -0.773. The highest BCUT2D eigenvalue weighted by molar-refractivity contribution is 5.75. The number of piperidine rings is 1. The summed E-state index contributed by atoms with van der Waals surface area (Å²) in [7, 11) is 0. The number of likely N-dealkylation sites (tertiary alicyclic amines) is 1. The van der Waals surface area contributed by atoms with Crippen LogP contribution in [0.25, 0.3) is 0 Å². The Kier molecular flexibility index (Phi) is 5.63. The fraction of sp³-hybridized carbons (Fsp3) is 0.500. The first-order chi connectivity index (χ1) is 10.6. The van der Waals surface area contributed by atoms with Gasteiger partial charge in [-0.15, -0.1) is 0 Å². The summed E-state index contributed by atoms with van der Waals surface area (Å²) in [6.07, 6.45) is 1.02. The highest BCUT2D eigenvalue weighted by Gasteiger charge is 2.26. The zero-order chi connectivity index (χ0) is 15.9. The number of benzene rings is 1. The summed E-state index contributed by atoms with van der Waals surface area (Å²) in [6.45, 7) is 3.86. The Morgan fingerprint density at radius 1 is 1.32 bits per heavy atom. The Bertz CT molecular complexity index is 525. The van der Waals surface area contributed by atoms with E-state index in [0.29, 0.717) is 39.1 Å². The van der Waals surface area contributed by atoms with Gasteiger partial charge in [0.15, 0.2) is 0 Å². The summed E-state index contributed by atoms with van der Waals surface area (Å²) < 4.78 is 5.53. The monoisotopic (exact) mass is 306 g/mol. The predicted molar refractivity (Wildman–Crippen MR) is 81.8 cm³/mol. The normalized spacial score (nSPS) is 15.4. The second-order valence-electron chi connectivity index (χ2n) is 5.30. The maximum Gasteiger partial charge on any atom is 0.317 e. The highest BCUT2D eigenvalue weighted by atomic mass is 16.5. The number of nitrogens with zero attached hydrogens (tertiary/aromatic N) is 1. The number of carboxylic acids is 1. The number of para-hydroxylation sites is 1. The predicted octanol–water partition coefficient (Wildman–Crippen LogP) is 2.09. The van der Waals surface area contributed by atoms with E-state index in [4.69, 9.17) is 9.84 Å². The van der Waals surface area contributed by atoms with Crippen molar-refractivity contribution in [1.29, 1.82) is 0 Å². The number of hydrogen-bond donors (Lipinski definition) is 2. The molecule has 6 heteroatoms. The number of carbonyl (C=O) groups is 2. The minimum Gasteiger partial charge on any atom is -0.494 e. The zero-order valence-corrected chi connectivity index (χ0v) is 12.7. The fourth-order valence-corrected chi connectivity index (χ4v) is 2.56. The van der Waals surface area contributed by atoms with Gasteiger partial charge in [0.2, 0.25) is 0 Å². The number of amides is 2. The Labute approximate surface area is 130 Å². The molecule has 1 fully saturated rings. The molecule has 120 valence electrons. The third-order valence-electron chi connectivity index (χ3n) is 3.83. The third-order valence-corrected chi connectivity index (χ3v) is 3.83. The SMILES string of the molecule is CCOc1ccccc1CNC(=O)N1CCC(C(=O)O)CC1. The molecule has 1 aliphatic heterocycles. The molecule has 2 N–H and O–H groups in total. The van der Waals surface area contributed by atoms with Gasteiger partial charge in [-0.2, -0.15) is 0 Å². The summed E-state index contributed by atoms with van der Waals surface area (Å²) in [5, 5.41) is 11.8. The lowest BCUT2D eigenvalue weighted by Crippen LogP contribution is -2.45. The molecule has 0 unspecified atom stereocenters. The number of rotatable bonds is 5. The minimum absolute atomic E-state index is 0.157. The molecule has 6 nitrogen and oxygen atoms in total. The molecular weight excluding hydrogens is 284 g/mol. The molecule has 2 amide bonds. The summed E-state index contributed by atoms with van der Waals surface area (Å²) >= 11 is 0. The van der Waals surface area contributed by atoms with Gasteiger partial charge in [-0.25, -0.2) is 4.79 Å². The van der Waals surface area contributed by atoms with Crippen LogP contribution in [0.5, 0.6) is 5.75 Å². The van der Waals surface area contributed by atoms with Crippen molar-refractivity contribution >= 4 is 12.0 Å². The first-order valence-electron chi connectivity index (χ1n) is 7.58. The maximum atomic E-state index is 12.1. The van der Waals surface area contributed by atoms with E-state index in [-0.39, 0.29) is 11.9 Å². The quantitative estimate of drug-likeness (QED) is 0.873. The average Bonchev–Trinajstić information content (AvgIpc) is 2.54. The largest absolute Gasteiger partial charge is 0.494 e. The van der Waals surface area contributed by atoms with E-state index in [1.165, 1.54) is 0 Å². The van der Waals surface area contributed by atoms with Crippen LogP contribution in [0.1, 0.15) is 25.3 Å². The number of hydrogen-bond acceptors (Lipinski definition) is 3. The summed E-state index contributed by atoms with van der Waals surface area (Å²) in [6, 6.07) is 7.44. The number of nitrogens with one attached hydrogen (secondary N) is 1. The van der Waals surface area contributed by atoms with Crippen molar-refractivity contribution in [2.24, 2.45) is 5.92 Å². The van der Waals surface area contributed by atoms with Crippen LogP contribution in [0.2, 0.25) is 0 Å². The van der Waals surface area contributed by atoms with Gasteiger partial charge in [-0.1, -0.05) is 18.2 Å². The van der Waals surface area contributed by atoms with Crippen LogP contribution in [0.15, 0.2) is 24.3 Å².